The van der Waals surface area contributed by atoms with Gasteiger partial charge in [0.05, 0.1) is 25.4 Å². The summed E-state index contributed by atoms with van der Waals surface area (Å²) >= 11 is 0. The van der Waals surface area contributed by atoms with Crippen LogP contribution in [0.3, 0.4) is 0 Å². The molecule has 6 heteroatoms. The van der Waals surface area contributed by atoms with Crippen LogP contribution >= 0.6 is 0 Å². The summed E-state index contributed by atoms with van der Waals surface area (Å²) in [5, 5.41) is 32.6. The second-order valence-corrected chi connectivity index (χ2v) is 7.20. The standard InChI is InChI=1S/C21H27NO5/c1-21(2,11-14-5-4-6-16(9-14)20(26)27-3)22-12-19(25)15-7-8-18(24)17(10-15)13-23/h4-10,19,22-25H,11-13H2,1-3H3/t19-/m0/s1. The number of rotatable bonds is 8. The summed E-state index contributed by atoms with van der Waals surface area (Å²) in [5.41, 5.74) is 2.16. The Balaban J connectivity index is 2.01. The molecule has 0 spiro atoms. The van der Waals surface area contributed by atoms with E-state index in [2.05, 4.69) is 5.32 Å². The molecule has 2 aromatic rings. The van der Waals surface area contributed by atoms with Crippen LogP contribution < -0.4 is 5.32 Å². The van der Waals surface area contributed by atoms with Gasteiger partial charge in [-0.15, -0.1) is 0 Å². The molecule has 6 nitrogen and oxygen atoms in total. The molecule has 0 saturated heterocycles. The normalized spacial score (nSPS) is 12.6. The number of hydrogen-bond acceptors (Lipinski definition) is 6. The molecule has 0 amide bonds. The van der Waals surface area contributed by atoms with Crippen molar-refractivity contribution < 1.29 is 24.9 Å². The first kappa shape index (κ1) is 20.9. The van der Waals surface area contributed by atoms with E-state index in [4.69, 9.17) is 4.74 Å². The highest BCUT2D eigenvalue weighted by atomic mass is 16.5. The van der Waals surface area contributed by atoms with Crippen LogP contribution in [0.5, 0.6) is 5.75 Å². The van der Waals surface area contributed by atoms with Crippen LogP contribution in [0.25, 0.3) is 0 Å². The number of aromatic hydroxyl groups is 1. The Morgan fingerprint density at radius 1 is 1.22 bits per heavy atom. The highest BCUT2D eigenvalue weighted by Gasteiger charge is 2.21. The summed E-state index contributed by atoms with van der Waals surface area (Å²) in [5.74, 6) is -0.364. The number of β-amino-alcohol motifs (C(OH)–C–C–N with tert-alkyl or cyclic N) is 1. The van der Waals surface area contributed by atoms with Crippen molar-refractivity contribution in [1.82, 2.24) is 5.32 Å². The predicted molar refractivity (Wildman–Crippen MR) is 103 cm³/mol. The van der Waals surface area contributed by atoms with E-state index >= 15 is 0 Å². The van der Waals surface area contributed by atoms with Gasteiger partial charge < -0.3 is 25.4 Å². The molecular weight excluding hydrogens is 346 g/mol. The Labute approximate surface area is 159 Å². The van der Waals surface area contributed by atoms with Crippen molar-refractivity contribution in [3.8, 4) is 5.75 Å². The van der Waals surface area contributed by atoms with E-state index < -0.39 is 6.10 Å². The predicted octanol–water partition coefficient (Wildman–Crippen LogP) is 2.32. The van der Waals surface area contributed by atoms with E-state index in [1.165, 1.54) is 13.2 Å². The second-order valence-electron chi connectivity index (χ2n) is 7.20. The van der Waals surface area contributed by atoms with Gasteiger partial charge in [-0.25, -0.2) is 4.79 Å². The Morgan fingerprint density at radius 2 is 1.96 bits per heavy atom. The molecule has 0 aliphatic heterocycles. The van der Waals surface area contributed by atoms with E-state index in [1.54, 1.807) is 24.3 Å². The Hall–Kier alpha value is -2.41. The monoisotopic (exact) mass is 373 g/mol. The largest absolute Gasteiger partial charge is 0.508 e. The number of carbonyl (C=O) groups is 1. The number of esters is 1. The van der Waals surface area contributed by atoms with Gasteiger partial charge in [0.25, 0.3) is 0 Å². The van der Waals surface area contributed by atoms with Gasteiger partial charge in [-0.05, 0) is 55.7 Å². The van der Waals surface area contributed by atoms with Gasteiger partial charge in [0, 0.05) is 17.6 Å². The van der Waals surface area contributed by atoms with Crippen molar-refractivity contribution in [1.29, 1.82) is 0 Å². The van der Waals surface area contributed by atoms with E-state index in [-0.39, 0.29) is 23.9 Å². The highest BCUT2D eigenvalue weighted by molar-refractivity contribution is 5.89. The molecule has 146 valence electrons. The number of ether oxygens (including phenoxy) is 1. The molecule has 0 unspecified atom stereocenters. The van der Waals surface area contributed by atoms with Crippen molar-refractivity contribution in [2.75, 3.05) is 13.7 Å². The number of aliphatic hydroxyl groups excluding tert-OH is 2. The van der Waals surface area contributed by atoms with Crippen LogP contribution in [0.4, 0.5) is 0 Å². The average molecular weight is 373 g/mol. The first-order chi connectivity index (χ1) is 12.8. The van der Waals surface area contributed by atoms with Crippen molar-refractivity contribution >= 4 is 5.97 Å². The molecule has 2 aromatic carbocycles. The molecule has 0 aliphatic carbocycles. The van der Waals surface area contributed by atoms with E-state index in [0.29, 0.717) is 29.7 Å². The SMILES string of the molecule is COC(=O)c1cccc(CC(C)(C)NC[C@H](O)c2ccc(O)c(CO)c2)c1. The molecule has 2 rings (SSSR count). The van der Waals surface area contributed by atoms with E-state index in [9.17, 15) is 20.1 Å². The summed E-state index contributed by atoms with van der Waals surface area (Å²) in [6, 6.07) is 12.0. The maximum atomic E-state index is 11.7. The van der Waals surface area contributed by atoms with Gasteiger partial charge in [0.15, 0.2) is 0 Å². The minimum absolute atomic E-state index is 0.00669. The lowest BCUT2D eigenvalue weighted by molar-refractivity contribution is 0.0600. The van der Waals surface area contributed by atoms with Gasteiger partial charge in [-0.2, -0.15) is 0 Å². The molecule has 0 heterocycles. The zero-order valence-corrected chi connectivity index (χ0v) is 15.9. The summed E-state index contributed by atoms with van der Waals surface area (Å²) in [4.78, 5) is 11.7. The van der Waals surface area contributed by atoms with Crippen molar-refractivity contribution in [3.05, 3.63) is 64.7 Å². The van der Waals surface area contributed by atoms with Gasteiger partial charge in [-0.1, -0.05) is 18.2 Å². The third-order valence-electron chi connectivity index (χ3n) is 4.43. The molecule has 0 bridgehead atoms. The number of methoxy groups -OCH3 is 1. The highest BCUT2D eigenvalue weighted by Crippen LogP contribution is 2.23. The number of hydrogen-bond donors (Lipinski definition) is 4. The van der Waals surface area contributed by atoms with E-state index in [0.717, 1.165) is 5.56 Å². The zero-order chi connectivity index (χ0) is 20.0. The van der Waals surface area contributed by atoms with Crippen molar-refractivity contribution in [2.45, 2.75) is 38.5 Å². The van der Waals surface area contributed by atoms with Gasteiger partial charge in [-0.3, -0.25) is 0 Å². The minimum atomic E-state index is -0.781. The number of carbonyl (C=O) groups excluding carboxylic acids is 1. The number of phenols is 1. The van der Waals surface area contributed by atoms with Crippen LogP contribution in [0, 0.1) is 0 Å². The lowest BCUT2D eigenvalue weighted by atomic mass is 9.93. The fourth-order valence-corrected chi connectivity index (χ4v) is 2.93. The molecule has 0 saturated carbocycles. The molecule has 0 radical (unpaired) electrons. The van der Waals surface area contributed by atoms with Gasteiger partial charge in [0.2, 0.25) is 0 Å². The zero-order valence-electron chi connectivity index (χ0n) is 15.9. The quantitative estimate of drug-likeness (QED) is 0.530. The molecule has 0 aromatic heterocycles. The first-order valence-corrected chi connectivity index (χ1v) is 8.79. The molecular formula is C21H27NO5. The fourth-order valence-electron chi connectivity index (χ4n) is 2.93. The molecule has 0 fully saturated rings. The third-order valence-corrected chi connectivity index (χ3v) is 4.43. The molecule has 0 aliphatic rings. The molecule has 1 atom stereocenters. The summed E-state index contributed by atoms with van der Waals surface area (Å²) in [6.45, 7) is 4.04. The van der Waals surface area contributed by atoms with Crippen LogP contribution in [-0.4, -0.2) is 40.5 Å². The Bertz CT molecular complexity index is 788. The van der Waals surface area contributed by atoms with E-state index in [1.807, 2.05) is 26.0 Å². The number of benzene rings is 2. The van der Waals surface area contributed by atoms with Crippen LogP contribution in [-0.2, 0) is 17.8 Å². The van der Waals surface area contributed by atoms with Gasteiger partial charge >= 0.3 is 5.97 Å². The number of nitrogens with one attached hydrogen (secondary N) is 1. The second kappa shape index (κ2) is 8.99. The van der Waals surface area contributed by atoms with Crippen LogP contribution in [0.2, 0.25) is 0 Å². The maximum Gasteiger partial charge on any atom is 0.337 e. The van der Waals surface area contributed by atoms with Crippen molar-refractivity contribution in [3.63, 3.8) is 0 Å². The molecule has 4 N–H and O–H groups in total. The topological polar surface area (TPSA) is 99.0 Å². The lowest BCUT2D eigenvalue weighted by Gasteiger charge is -2.28. The Kier molecular flexibility index (Phi) is 6.96. The molecule has 27 heavy (non-hydrogen) atoms. The van der Waals surface area contributed by atoms with Crippen LogP contribution in [0.1, 0.15) is 47.0 Å². The Morgan fingerprint density at radius 3 is 2.63 bits per heavy atom. The fraction of sp³-hybridized carbons (Fsp3) is 0.381. The summed E-state index contributed by atoms with van der Waals surface area (Å²) in [6.07, 6.45) is -0.126. The number of aliphatic hydroxyl groups is 2. The minimum Gasteiger partial charge on any atom is -0.508 e. The van der Waals surface area contributed by atoms with Crippen LogP contribution in [0.15, 0.2) is 42.5 Å². The lowest BCUT2D eigenvalue weighted by Crippen LogP contribution is -2.43. The third kappa shape index (κ3) is 5.79. The smallest absolute Gasteiger partial charge is 0.337 e. The first-order valence-electron chi connectivity index (χ1n) is 8.79. The van der Waals surface area contributed by atoms with Crippen molar-refractivity contribution in [2.24, 2.45) is 0 Å². The summed E-state index contributed by atoms with van der Waals surface area (Å²) < 4.78 is 4.75. The summed E-state index contributed by atoms with van der Waals surface area (Å²) in [7, 11) is 1.35. The van der Waals surface area contributed by atoms with Gasteiger partial charge in [0.1, 0.15) is 5.75 Å². The maximum absolute atomic E-state index is 11.7. The average Bonchev–Trinajstić information content (AvgIpc) is 2.65.